The van der Waals surface area contributed by atoms with Crippen molar-refractivity contribution >= 4 is 21.9 Å². The predicted octanol–water partition coefficient (Wildman–Crippen LogP) is 3.24. The Labute approximate surface area is 138 Å². The van der Waals surface area contributed by atoms with Crippen LogP contribution in [0.15, 0.2) is 52.1 Å². The summed E-state index contributed by atoms with van der Waals surface area (Å²) in [5.41, 5.74) is 1.46. The fourth-order valence-corrected chi connectivity index (χ4v) is 2.26. The summed E-state index contributed by atoms with van der Waals surface area (Å²) in [6.45, 7) is 3.54. The molecule has 1 heterocycles. The summed E-state index contributed by atoms with van der Waals surface area (Å²) in [5, 5.41) is 6.32. The summed E-state index contributed by atoms with van der Waals surface area (Å²) >= 11 is 3.34. The number of halogens is 2. The van der Waals surface area contributed by atoms with E-state index < -0.39 is 0 Å². The van der Waals surface area contributed by atoms with Crippen LogP contribution in [0.1, 0.15) is 18.2 Å². The maximum Gasteiger partial charge on any atom is 0.191 e. The van der Waals surface area contributed by atoms with Gasteiger partial charge < -0.3 is 10.6 Å². The van der Waals surface area contributed by atoms with Crippen LogP contribution < -0.4 is 10.6 Å². The first-order chi connectivity index (χ1) is 10.7. The Morgan fingerprint density at radius 3 is 2.86 bits per heavy atom. The number of nitrogens with zero attached hydrogens (tertiary/aromatic N) is 2. The fourth-order valence-electron chi connectivity index (χ4n) is 1.85. The molecular weight excluding hydrogens is 347 g/mol. The van der Waals surface area contributed by atoms with Crippen molar-refractivity contribution in [3.8, 4) is 0 Å². The molecule has 0 radical (unpaired) electrons. The third kappa shape index (κ3) is 5.11. The molecule has 0 saturated heterocycles. The maximum absolute atomic E-state index is 13.7. The third-order valence-electron chi connectivity index (χ3n) is 2.92. The van der Waals surface area contributed by atoms with Gasteiger partial charge in [-0.2, -0.15) is 0 Å². The molecule has 6 heteroatoms. The number of guanidine groups is 1. The Balaban J connectivity index is 2.02. The summed E-state index contributed by atoms with van der Waals surface area (Å²) < 4.78 is 14.6. The first kappa shape index (κ1) is 16.4. The quantitative estimate of drug-likeness (QED) is 0.632. The van der Waals surface area contributed by atoms with Crippen LogP contribution in [0.2, 0.25) is 0 Å². The van der Waals surface area contributed by atoms with Crippen LogP contribution in [0, 0.1) is 5.82 Å². The molecule has 2 aromatic rings. The summed E-state index contributed by atoms with van der Waals surface area (Å²) in [7, 11) is 0. The highest BCUT2D eigenvalue weighted by atomic mass is 79.9. The third-order valence-corrected chi connectivity index (χ3v) is 3.42. The smallest absolute Gasteiger partial charge is 0.191 e. The molecule has 2 N–H and O–H groups in total. The molecule has 22 heavy (non-hydrogen) atoms. The SMILES string of the molecule is CCNC(=NCc1cc(Br)ccc1F)NCc1ccccn1. The molecule has 2 rings (SSSR count). The molecule has 0 bridgehead atoms. The van der Waals surface area contributed by atoms with Crippen molar-refractivity contribution in [3.05, 3.63) is 64.1 Å². The first-order valence-electron chi connectivity index (χ1n) is 7.05. The van der Waals surface area contributed by atoms with Gasteiger partial charge in [-0.1, -0.05) is 22.0 Å². The molecule has 0 spiro atoms. The minimum Gasteiger partial charge on any atom is -0.357 e. The lowest BCUT2D eigenvalue weighted by Crippen LogP contribution is -2.37. The number of pyridine rings is 1. The number of rotatable bonds is 5. The van der Waals surface area contributed by atoms with Crippen LogP contribution in [0.5, 0.6) is 0 Å². The van der Waals surface area contributed by atoms with Gasteiger partial charge in [0.2, 0.25) is 0 Å². The molecule has 0 amide bonds. The second-order valence-corrected chi connectivity index (χ2v) is 5.52. The zero-order valence-electron chi connectivity index (χ0n) is 12.3. The Hall–Kier alpha value is -1.95. The van der Waals surface area contributed by atoms with Crippen LogP contribution in [-0.2, 0) is 13.1 Å². The van der Waals surface area contributed by atoms with Crippen LogP contribution in [0.4, 0.5) is 4.39 Å². The monoisotopic (exact) mass is 364 g/mol. The van der Waals surface area contributed by atoms with Crippen LogP contribution >= 0.6 is 15.9 Å². The van der Waals surface area contributed by atoms with Gasteiger partial charge in [-0.25, -0.2) is 9.38 Å². The Kier molecular flexibility index (Phi) is 6.33. The highest BCUT2D eigenvalue weighted by Crippen LogP contribution is 2.16. The van der Waals surface area contributed by atoms with E-state index in [2.05, 4.69) is 36.5 Å². The summed E-state index contributed by atoms with van der Waals surface area (Å²) in [5.74, 6) is 0.375. The molecule has 0 aliphatic rings. The molecule has 0 unspecified atom stereocenters. The summed E-state index contributed by atoms with van der Waals surface area (Å²) in [4.78, 5) is 8.65. The minimum atomic E-state index is -0.257. The van der Waals surface area contributed by atoms with Gasteiger partial charge in [0.25, 0.3) is 0 Å². The topological polar surface area (TPSA) is 49.3 Å². The number of hydrogen-bond donors (Lipinski definition) is 2. The Bertz CT molecular complexity index is 631. The molecule has 0 fully saturated rings. The zero-order chi connectivity index (χ0) is 15.8. The summed E-state index contributed by atoms with van der Waals surface area (Å²) in [6, 6.07) is 10.6. The van der Waals surface area contributed by atoms with Crippen molar-refractivity contribution < 1.29 is 4.39 Å². The number of aromatic nitrogens is 1. The largest absolute Gasteiger partial charge is 0.357 e. The van der Waals surface area contributed by atoms with Gasteiger partial charge in [-0.3, -0.25) is 4.98 Å². The van der Waals surface area contributed by atoms with E-state index in [1.807, 2.05) is 25.1 Å². The van der Waals surface area contributed by atoms with Crippen molar-refractivity contribution in [3.63, 3.8) is 0 Å². The van der Waals surface area contributed by atoms with E-state index in [1.54, 1.807) is 18.3 Å². The number of hydrogen-bond acceptors (Lipinski definition) is 2. The van der Waals surface area contributed by atoms with Crippen molar-refractivity contribution in [1.82, 2.24) is 15.6 Å². The van der Waals surface area contributed by atoms with Crippen molar-refractivity contribution in [2.75, 3.05) is 6.54 Å². The van der Waals surface area contributed by atoms with Crippen LogP contribution in [-0.4, -0.2) is 17.5 Å². The molecule has 0 aliphatic carbocycles. The average molecular weight is 365 g/mol. The van der Waals surface area contributed by atoms with Crippen molar-refractivity contribution in [2.45, 2.75) is 20.0 Å². The molecule has 4 nitrogen and oxygen atoms in total. The fraction of sp³-hybridized carbons (Fsp3) is 0.250. The van der Waals surface area contributed by atoms with E-state index in [0.29, 0.717) is 18.1 Å². The second kappa shape index (κ2) is 8.48. The van der Waals surface area contributed by atoms with Gasteiger partial charge in [0.05, 0.1) is 18.8 Å². The average Bonchev–Trinajstić information content (AvgIpc) is 2.54. The van der Waals surface area contributed by atoms with Crippen molar-refractivity contribution in [1.29, 1.82) is 0 Å². The molecule has 0 atom stereocenters. The second-order valence-electron chi connectivity index (χ2n) is 4.61. The number of benzene rings is 1. The van der Waals surface area contributed by atoms with Gasteiger partial charge in [-0.15, -0.1) is 0 Å². The van der Waals surface area contributed by atoms with E-state index in [4.69, 9.17) is 0 Å². The normalized spacial score (nSPS) is 11.3. The lowest BCUT2D eigenvalue weighted by atomic mass is 10.2. The first-order valence-corrected chi connectivity index (χ1v) is 7.84. The van der Waals surface area contributed by atoms with Crippen molar-refractivity contribution in [2.24, 2.45) is 4.99 Å². The van der Waals surface area contributed by atoms with E-state index in [1.165, 1.54) is 6.07 Å². The number of aliphatic imine (C=N–C) groups is 1. The van der Waals surface area contributed by atoms with E-state index >= 15 is 0 Å². The molecule has 0 aliphatic heterocycles. The van der Waals surface area contributed by atoms with Crippen LogP contribution in [0.25, 0.3) is 0 Å². The van der Waals surface area contributed by atoms with Crippen LogP contribution in [0.3, 0.4) is 0 Å². The van der Waals surface area contributed by atoms with Gasteiger partial charge >= 0.3 is 0 Å². The minimum absolute atomic E-state index is 0.257. The Morgan fingerprint density at radius 1 is 1.27 bits per heavy atom. The summed E-state index contributed by atoms with van der Waals surface area (Å²) in [6.07, 6.45) is 1.75. The maximum atomic E-state index is 13.7. The van der Waals surface area contributed by atoms with E-state index in [9.17, 15) is 4.39 Å². The molecule has 1 aromatic heterocycles. The highest BCUT2D eigenvalue weighted by Gasteiger charge is 2.03. The Morgan fingerprint density at radius 2 is 2.14 bits per heavy atom. The molecule has 1 aromatic carbocycles. The van der Waals surface area contributed by atoms with Gasteiger partial charge in [0.15, 0.2) is 5.96 Å². The zero-order valence-corrected chi connectivity index (χ0v) is 13.9. The standard InChI is InChI=1S/C16H18BrFN4/c1-2-19-16(22-11-14-5-3-4-8-20-14)21-10-12-9-13(17)6-7-15(12)18/h3-9H,2,10-11H2,1H3,(H2,19,21,22). The molecular formula is C16H18BrFN4. The van der Waals surface area contributed by atoms with E-state index in [-0.39, 0.29) is 12.4 Å². The molecule has 116 valence electrons. The highest BCUT2D eigenvalue weighted by molar-refractivity contribution is 9.10. The van der Waals surface area contributed by atoms with Gasteiger partial charge in [0, 0.05) is 22.8 Å². The molecule has 0 saturated carbocycles. The lowest BCUT2D eigenvalue weighted by Gasteiger charge is -2.11. The van der Waals surface area contributed by atoms with Gasteiger partial charge in [0.1, 0.15) is 5.82 Å². The lowest BCUT2D eigenvalue weighted by molar-refractivity contribution is 0.609. The predicted molar refractivity (Wildman–Crippen MR) is 90.0 cm³/mol. The van der Waals surface area contributed by atoms with Gasteiger partial charge in [-0.05, 0) is 37.3 Å². The number of nitrogens with one attached hydrogen (secondary N) is 2. The van der Waals surface area contributed by atoms with E-state index in [0.717, 1.165) is 16.7 Å².